The fourth-order valence-electron chi connectivity index (χ4n) is 1.45. The van der Waals surface area contributed by atoms with Gasteiger partial charge in [-0.25, -0.2) is 4.79 Å². The lowest BCUT2D eigenvalue weighted by atomic mass is 10.3. The number of nitrogens with zero attached hydrogens (tertiary/aromatic N) is 4. The molecule has 0 radical (unpaired) electrons. The van der Waals surface area contributed by atoms with Crippen molar-refractivity contribution in [2.24, 2.45) is 0 Å². The van der Waals surface area contributed by atoms with Crippen molar-refractivity contribution >= 4 is 5.97 Å². The third kappa shape index (κ3) is 2.17. The Bertz CT molecular complexity index is 543. The quantitative estimate of drug-likeness (QED) is 0.846. The number of carbonyl (C=O) groups is 1. The summed E-state index contributed by atoms with van der Waals surface area (Å²) in [5.41, 5.74) is 0.754. The molecule has 0 fully saturated rings. The molecule has 7 nitrogen and oxygen atoms in total. The summed E-state index contributed by atoms with van der Waals surface area (Å²) < 4.78 is 6.50. The van der Waals surface area contributed by atoms with Gasteiger partial charge in [-0.05, 0) is 6.92 Å². The predicted molar refractivity (Wildman–Crippen MR) is 56.7 cm³/mol. The van der Waals surface area contributed by atoms with Gasteiger partial charge < -0.3 is 9.63 Å². The average molecular weight is 236 g/mol. The van der Waals surface area contributed by atoms with Crippen molar-refractivity contribution in [1.82, 2.24) is 19.9 Å². The van der Waals surface area contributed by atoms with Gasteiger partial charge in [0.25, 0.3) is 0 Å². The monoisotopic (exact) mass is 236 g/mol. The van der Waals surface area contributed by atoms with E-state index in [0.29, 0.717) is 30.4 Å². The molecule has 0 bridgehead atoms. The summed E-state index contributed by atoms with van der Waals surface area (Å²) in [6, 6.07) is 0. The van der Waals surface area contributed by atoms with E-state index in [1.807, 2.05) is 6.92 Å². The maximum absolute atomic E-state index is 10.8. The molecule has 0 spiro atoms. The molecule has 0 unspecified atom stereocenters. The van der Waals surface area contributed by atoms with Crippen molar-refractivity contribution in [3.05, 3.63) is 29.2 Å². The van der Waals surface area contributed by atoms with Crippen LogP contribution in [-0.4, -0.2) is 31.0 Å². The van der Waals surface area contributed by atoms with Gasteiger partial charge in [-0.3, -0.25) is 4.68 Å². The van der Waals surface area contributed by atoms with E-state index < -0.39 is 5.97 Å². The van der Waals surface area contributed by atoms with Gasteiger partial charge in [0.2, 0.25) is 5.89 Å². The Morgan fingerprint density at radius 3 is 2.88 bits per heavy atom. The van der Waals surface area contributed by atoms with Gasteiger partial charge in [0, 0.05) is 6.42 Å². The van der Waals surface area contributed by atoms with Gasteiger partial charge in [-0.15, -0.1) is 0 Å². The first-order valence-electron chi connectivity index (χ1n) is 5.19. The molecule has 0 atom stereocenters. The smallest absolute Gasteiger partial charge is 0.339 e. The lowest BCUT2D eigenvalue weighted by Gasteiger charge is -1.99. The molecular weight excluding hydrogens is 224 g/mol. The zero-order valence-electron chi connectivity index (χ0n) is 9.54. The minimum Gasteiger partial charge on any atom is -0.478 e. The summed E-state index contributed by atoms with van der Waals surface area (Å²) in [5.74, 6) is 0.0596. The Kier molecular flexibility index (Phi) is 2.90. The molecule has 2 aromatic heterocycles. The van der Waals surface area contributed by atoms with Gasteiger partial charge in [0.05, 0.1) is 11.9 Å². The summed E-state index contributed by atoms with van der Waals surface area (Å²) in [4.78, 5) is 15.0. The number of aromatic nitrogens is 4. The van der Waals surface area contributed by atoms with E-state index in [-0.39, 0.29) is 5.56 Å². The van der Waals surface area contributed by atoms with E-state index in [0.717, 1.165) is 0 Å². The zero-order valence-corrected chi connectivity index (χ0v) is 9.54. The van der Waals surface area contributed by atoms with Crippen molar-refractivity contribution in [3.8, 4) is 0 Å². The molecule has 0 amide bonds. The highest BCUT2D eigenvalue weighted by Gasteiger charge is 2.14. The van der Waals surface area contributed by atoms with Crippen LogP contribution in [0.2, 0.25) is 0 Å². The van der Waals surface area contributed by atoms with E-state index in [1.54, 1.807) is 6.92 Å². The van der Waals surface area contributed by atoms with Crippen LogP contribution in [0.4, 0.5) is 0 Å². The molecule has 0 saturated carbocycles. The Balaban J connectivity index is 2.21. The standard InChI is InChI=1S/C10H12N4O3/c1-3-9-12-8(13-17-9)5-14-6(2)7(4-11-14)10(15)16/h4H,3,5H2,1-2H3,(H,15,16). The van der Waals surface area contributed by atoms with Crippen LogP contribution < -0.4 is 0 Å². The van der Waals surface area contributed by atoms with E-state index in [9.17, 15) is 4.79 Å². The molecule has 0 aliphatic carbocycles. The van der Waals surface area contributed by atoms with E-state index in [4.69, 9.17) is 9.63 Å². The molecule has 2 rings (SSSR count). The van der Waals surface area contributed by atoms with Crippen LogP contribution in [0.15, 0.2) is 10.7 Å². The van der Waals surface area contributed by atoms with Gasteiger partial charge in [0.15, 0.2) is 5.82 Å². The van der Waals surface area contributed by atoms with Gasteiger partial charge >= 0.3 is 5.97 Å². The molecule has 17 heavy (non-hydrogen) atoms. The highest BCUT2D eigenvalue weighted by molar-refractivity contribution is 5.88. The second kappa shape index (κ2) is 4.36. The largest absolute Gasteiger partial charge is 0.478 e. The topological polar surface area (TPSA) is 94.0 Å². The second-order valence-electron chi connectivity index (χ2n) is 3.56. The molecule has 2 heterocycles. The van der Waals surface area contributed by atoms with Crippen molar-refractivity contribution < 1.29 is 14.4 Å². The fourth-order valence-corrected chi connectivity index (χ4v) is 1.45. The number of rotatable bonds is 4. The Morgan fingerprint density at radius 2 is 2.35 bits per heavy atom. The molecule has 0 aliphatic rings. The molecule has 2 aromatic rings. The Morgan fingerprint density at radius 1 is 1.59 bits per heavy atom. The van der Waals surface area contributed by atoms with Crippen LogP contribution in [0.5, 0.6) is 0 Å². The normalized spacial score (nSPS) is 10.7. The summed E-state index contributed by atoms with van der Waals surface area (Å²) in [6.07, 6.45) is 1.99. The van der Waals surface area contributed by atoms with Crippen LogP contribution in [0.1, 0.15) is 34.7 Å². The average Bonchev–Trinajstić information content (AvgIpc) is 2.87. The number of hydrogen-bond acceptors (Lipinski definition) is 5. The first-order chi connectivity index (χ1) is 8.11. The van der Waals surface area contributed by atoms with Gasteiger partial charge in [-0.2, -0.15) is 10.1 Å². The van der Waals surface area contributed by atoms with Crippen LogP contribution in [-0.2, 0) is 13.0 Å². The van der Waals surface area contributed by atoms with Crippen molar-refractivity contribution in [2.45, 2.75) is 26.8 Å². The molecule has 0 aliphatic heterocycles. The van der Waals surface area contributed by atoms with Crippen LogP contribution >= 0.6 is 0 Å². The highest BCUT2D eigenvalue weighted by atomic mass is 16.5. The Hall–Kier alpha value is -2.18. The summed E-state index contributed by atoms with van der Waals surface area (Å²) >= 11 is 0. The molecular formula is C10H12N4O3. The third-order valence-electron chi connectivity index (χ3n) is 2.44. The summed E-state index contributed by atoms with van der Waals surface area (Å²) in [7, 11) is 0. The number of aryl methyl sites for hydroxylation is 1. The molecule has 0 saturated heterocycles. The van der Waals surface area contributed by atoms with Crippen molar-refractivity contribution in [3.63, 3.8) is 0 Å². The predicted octanol–water partition coefficient (Wildman–Crippen LogP) is 0.883. The number of carboxylic acids is 1. The first kappa shape index (κ1) is 11.3. The fraction of sp³-hybridized carbons (Fsp3) is 0.400. The van der Waals surface area contributed by atoms with E-state index in [1.165, 1.54) is 10.9 Å². The number of hydrogen-bond donors (Lipinski definition) is 1. The third-order valence-corrected chi connectivity index (χ3v) is 2.44. The van der Waals surface area contributed by atoms with E-state index in [2.05, 4.69) is 15.2 Å². The number of aromatic carboxylic acids is 1. The van der Waals surface area contributed by atoms with Crippen LogP contribution in [0, 0.1) is 6.92 Å². The first-order valence-corrected chi connectivity index (χ1v) is 5.19. The van der Waals surface area contributed by atoms with Crippen LogP contribution in [0.3, 0.4) is 0 Å². The van der Waals surface area contributed by atoms with E-state index >= 15 is 0 Å². The maximum atomic E-state index is 10.8. The van der Waals surface area contributed by atoms with Gasteiger partial charge in [-0.1, -0.05) is 12.1 Å². The summed E-state index contributed by atoms with van der Waals surface area (Å²) in [6.45, 7) is 3.92. The zero-order chi connectivity index (χ0) is 12.4. The van der Waals surface area contributed by atoms with Gasteiger partial charge in [0.1, 0.15) is 12.1 Å². The molecule has 1 N–H and O–H groups in total. The Labute approximate surface area is 97.1 Å². The van der Waals surface area contributed by atoms with Crippen molar-refractivity contribution in [2.75, 3.05) is 0 Å². The SMILES string of the molecule is CCc1nc(Cn2ncc(C(=O)O)c2C)no1. The second-order valence-corrected chi connectivity index (χ2v) is 3.56. The molecule has 7 heteroatoms. The minimum absolute atomic E-state index is 0.184. The minimum atomic E-state index is -0.990. The number of carboxylic acid groups (broad SMARTS) is 1. The maximum Gasteiger partial charge on any atom is 0.339 e. The highest BCUT2D eigenvalue weighted by Crippen LogP contribution is 2.09. The van der Waals surface area contributed by atoms with Crippen LogP contribution in [0.25, 0.3) is 0 Å². The molecule has 90 valence electrons. The summed E-state index contributed by atoms with van der Waals surface area (Å²) in [5, 5.41) is 16.6. The lowest BCUT2D eigenvalue weighted by molar-refractivity contribution is 0.0696. The molecule has 0 aromatic carbocycles. The lowest BCUT2D eigenvalue weighted by Crippen LogP contribution is -2.07. The van der Waals surface area contributed by atoms with Crippen molar-refractivity contribution in [1.29, 1.82) is 0 Å².